The quantitative estimate of drug-likeness (QED) is 0.445. The molecule has 5 heteroatoms. The summed E-state index contributed by atoms with van der Waals surface area (Å²) in [5.74, 6) is 0.181. The molecule has 62 valence electrons. The van der Waals surface area contributed by atoms with Crippen molar-refractivity contribution in [2.24, 2.45) is 0 Å². The zero-order valence-corrected chi connectivity index (χ0v) is 6.61. The first-order chi connectivity index (χ1) is 3.65. The number of carbonyl (C=O) groups is 1. The zero-order chi connectivity index (χ0) is 6.99. The molecule has 0 aromatic rings. The predicted molar refractivity (Wildman–Crippen MR) is 49.6 cm³/mol. The van der Waals surface area contributed by atoms with Gasteiger partial charge in [-0.05, 0) is 12.2 Å². The monoisotopic (exact) mass is 196 g/mol. The van der Waals surface area contributed by atoms with E-state index in [9.17, 15) is 0 Å². The topological polar surface area (TPSA) is 68.8 Å². The van der Waals surface area contributed by atoms with E-state index in [1.807, 2.05) is 0 Å². The molecule has 0 heterocycles. The van der Waals surface area contributed by atoms with Crippen molar-refractivity contribution < 1.29 is 15.4 Å². The Morgan fingerprint density at radius 1 is 1.60 bits per heavy atom. The van der Waals surface area contributed by atoms with Crippen LogP contribution in [0.25, 0.3) is 0 Å². The van der Waals surface area contributed by atoms with E-state index in [-0.39, 0.29) is 43.2 Å². The molecule has 0 aromatic carbocycles. The van der Waals surface area contributed by atoms with Gasteiger partial charge in [0.15, 0.2) is 0 Å². The fraction of sp³-hybridized carbons (Fsp3) is 0.800. The molecule has 0 saturated carbocycles. The minimum atomic E-state index is -0.833. The Morgan fingerprint density at radius 2 is 1.70 bits per heavy atom. The number of carboxylic acid groups (broad SMARTS) is 1. The predicted octanol–water partition coefficient (Wildman–Crippen LogP) is -0.324. The van der Waals surface area contributed by atoms with E-state index >= 15 is 0 Å². The molecule has 0 aliphatic heterocycles. The summed E-state index contributed by atoms with van der Waals surface area (Å²) in [4.78, 5) is 9.00. The van der Waals surface area contributed by atoms with Gasteiger partial charge < -0.3 is 10.6 Å². The molecular weight excluding hydrogens is 180 g/mol. The zero-order valence-electron chi connectivity index (χ0n) is 5.72. The maximum absolute atomic E-state index is 9.00. The summed E-state index contributed by atoms with van der Waals surface area (Å²) in [7, 11) is 0. The van der Waals surface area contributed by atoms with Crippen LogP contribution in [-0.4, -0.2) is 60.0 Å². The number of hydrogen-bond acceptors (Lipinski definition) is 2. The van der Waals surface area contributed by atoms with Gasteiger partial charge in [0, 0.05) is 6.92 Å². The van der Waals surface area contributed by atoms with Crippen LogP contribution >= 0.6 is 12.6 Å². The third kappa shape index (κ3) is 140. The van der Waals surface area contributed by atoms with Crippen LogP contribution in [0.1, 0.15) is 20.3 Å². The van der Waals surface area contributed by atoms with Crippen molar-refractivity contribution in [2.75, 3.05) is 5.75 Å². The van der Waals surface area contributed by atoms with Crippen molar-refractivity contribution in [3.8, 4) is 0 Å². The van der Waals surface area contributed by atoms with Crippen LogP contribution < -0.4 is 0 Å². The molecule has 0 radical (unpaired) electrons. The number of hydrogen-bond donors (Lipinski definition) is 2. The first-order valence-corrected chi connectivity index (χ1v) is 3.08. The SMILES string of the molecule is CC(=O)O.CCCS.O.[CaH2]. The van der Waals surface area contributed by atoms with Gasteiger partial charge in [-0.3, -0.25) is 4.79 Å². The van der Waals surface area contributed by atoms with E-state index in [1.54, 1.807) is 0 Å². The first-order valence-electron chi connectivity index (χ1n) is 2.45. The molecule has 0 rings (SSSR count). The van der Waals surface area contributed by atoms with E-state index in [2.05, 4.69) is 19.6 Å². The molecule has 0 unspecified atom stereocenters. The van der Waals surface area contributed by atoms with Gasteiger partial charge in [-0.2, -0.15) is 12.6 Å². The van der Waals surface area contributed by atoms with Crippen molar-refractivity contribution in [1.29, 1.82) is 0 Å². The Labute approximate surface area is 96.9 Å². The standard InChI is InChI=1S/C3H8S.C2H4O2.Ca.H2O.2H/c1-2-3-4;1-2(3)4;;;;/h4H,2-3H2,1H3;1H3,(H,3,4);;1H2;;. The summed E-state index contributed by atoms with van der Waals surface area (Å²) in [6.07, 6.45) is 1.18. The summed E-state index contributed by atoms with van der Waals surface area (Å²) in [6.45, 7) is 3.19. The van der Waals surface area contributed by atoms with Crippen LogP contribution in [0, 0.1) is 0 Å². The Morgan fingerprint density at radius 3 is 1.70 bits per heavy atom. The molecule has 0 amide bonds. The van der Waals surface area contributed by atoms with Crippen LogP contribution in [-0.2, 0) is 4.79 Å². The van der Waals surface area contributed by atoms with Crippen LogP contribution in [0.2, 0.25) is 0 Å². The molecule has 0 atom stereocenters. The average Bonchev–Trinajstić information content (AvgIpc) is 1.65. The second-order valence-corrected chi connectivity index (χ2v) is 1.69. The normalized spacial score (nSPS) is 5.50. The maximum atomic E-state index is 9.00. The molecule has 3 nitrogen and oxygen atoms in total. The van der Waals surface area contributed by atoms with Gasteiger partial charge in [0.1, 0.15) is 0 Å². The van der Waals surface area contributed by atoms with Gasteiger partial charge in [0.25, 0.3) is 5.97 Å². The summed E-state index contributed by atoms with van der Waals surface area (Å²) >= 11 is 3.92. The summed E-state index contributed by atoms with van der Waals surface area (Å²) in [5, 5.41) is 7.42. The first kappa shape index (κ1) is 22.5. The minimum absolute atomic E-state index is 0. The molecule has 0 spiro atoms. The molecule has 0 aliphatic carbocycles. The van der Waals surface area contributed by atoms with Crippen molar-refractivity contribution in [1.82, 2.24) is 0 Å². The second-order valence-electron chi connectivity index (χ2n) is 1.24. The number of carboxylic acids is 1. The van der Waals surface area contributed by atoms with Crippen molar-refractivity contribution in [3.05, 3.63) is 0 Å². The van der Waals surface area contributed by atoms with E-state index < -0.39 is 5.97 Å². The Kier molecular flexibility index (Phi) is 50.5. The number of thiol groups is 1. The van der Waals surface area contributed by atoms with Gasteiger partial charge in [-0.1, -0.05) is 6.92 Å². The van der Waals surface area contributed by atoms with Crippen molar-refractivity contribution in [3.63, 3.8) is 0 Å². The summed E-state index contributed by atoms with van der Waals surface area (Å²) < 4.78 is 0. The fourth-order valence-corrected chi connectivity index (χ4v) is 0. The molecule has 0 aromatic heterocycles. The van der Waals surface area contributed by atoms with E-state index in [1.165, 1.54) is 6.42 Å². The van der Waals surface area contributed by atoms with Gasteiger partial charge in [0.2, 0.25) is 0 Å². The van der Waals surface area contributed by atoms with E-state index in [0.29, 0.717) is 0 Å². The van der Waals surface area contributed by atoms with Crippen LogP contribution in [0.3, 0.4) is 0 Å². The summed E-state index contributed by atoms with van der Waals surface area (Å²) in [5.41, 5.74) is 0. The van der Waals surface area contributed by atoms with Crippen molar-refractivity contribution in [2.45, 2.75) is 20.3 Å². The van der Waals surface area contributed by atoms with Crippen LogP contribution in [0.5, 0.6) is 0 Å². The number of rotatable bonds is 1. The Hall–Kier alpha value is 1.04. The van der Waals surface area contributed by atoms with Crippen LogP contribution in [0.4, 0.5) is 0 Å². The van der Waals surface area contributed by atoms with E-state index in [4.69, 9.17) is 9.90 Å². The molecular formula is C5H16CaO3S. The average molecular weight is 196 g/mol. The Balaban J connectivity index is -0.0000000300. The molecule has 0 saturated heterocycles. The van der Waals surface area contributed by atoms with E-state index in [0.717, 1.165) is 12.7 Å². The molecule has 0 aliphatic rings. The van der Waals surface area contributed by atoms with Gasteiger partial charge in [-0.15, -0.1) is 0 Å². The van der Waals surface area contributed by atoms with Crippen molar-refractivity contribution >= 4 is 56.3 Å². The van der Waals surface area contributed by atoms with Crippen LogP contribution in [0.15, 0.2) is 0 Å². The number of aliphatic carboxylic acids is 1. The molecule has 0 fully saturated rings. The van der Waals surface area contributed by atoms with Gasteiger partial charge in [0.05, 0.1) is 0 Å². The van der Waals surface area contributed by atoms with Gasteiger partial charge in [-0.25, -0.2) is 0 Å². The molecule has 0 bridgehead atoms. The third-order valence-corrected chi connectivity index (χ3v) is 0.671. The fourth-order valence-electron chi connectivity index (χ4n) is 0. The molecule has 10 heavy (non-hydrogen) atoms. The summed E-state index contributed by atoms with van der Waals surface area (Å²) in [6, 6.07) is 0. The molecule has 3 N–H and O–H groups in total. The van der Waals surface area contributed by atoms with Gasteiger partial charge >= 0.3 is 37.7 Å². The Bertz CT molecular complexity index is 54.9. The second kappa shape index (κ2) is 22.5. The third-order valence-electron chi connectivity index (χ3n) is 0.224.